The predicted octanol–water partition coefficient (Wildman–Crippen LogP) is 1.13. The third-order valence-corrected chi connectivity index (χ3v) is 5.47. The number of sulfonamides is 1. The van der Waals surface area contributed by atoms with Gasteiger partial charge in [0.1, 0.15) is 17.2 Å². The Balaban J connectivity index is 2.38. The Labute approximate surface area is 137 Å². The van der Waals surface area contributed by atoms with E-state index in [9.17, 15) is 8.42 Å². The number of benzene rings is 1. The van der Waals surface area contributed by atoms with Crippen molar-refractivity contribution in [1.29, 1.82) is 0 Å². The van der Waals surface area contributed by atoms with Gasteiger partial charge >= 0.3 is 0 Å². The van der Waals surface area contributed by atoms with Gasteiger partial charge in [0.15, 0.2) is 4.90 Å². The molecule has 1 aliphatic rings. The first-order valence-electron chi connectivity index (χ1n) is 7.47. The highest BCUT2D eigenvalue weighted by Gasteiger charge is 2.30. The molecule has 0 amide bonds. The number of methoxy groups -OCH3 is 3. The summed E-state index contributed by atoms with van der Waals surface area (Å²) in [6.07, 6.45) is 1.48. The van der Waals surface area contributed by atoms with Crippen molar-refractivity contribution in [3.05, 3.63) is 12.1 Å². The smallest absolute Gasteiger partial charge is 0.248 e. The molecular weight excluding hydrogens is 320 g/mol. The molecule has 0 aromatic heterocycles. The molecular formula is C15H24N2O5S. The fraction of sp³-hybridized carbons (Fsp3) is 0.600. The van der Waals surface area contributed by atoms with E-state index in [-0.39, 0.29) is 28.5 Å². The van der Waals surface area contributed by atoms with Gasteiger partial charge in [-0.2, -0.15) is 0 Å². The van der Waals surface area contributed by atoms with Gasteiger partial charge in [-0.3, -0.25) is 0 Å². The zero-order valence-corrected chi connectivity index (χ0v) is 14.7. The van der Waals surface area contributed by atoms with E-state index in [2.05, 4.69) is 10.0 Å². The molecule has 1 saturated heterocycles. The summed E-state index contributed by atoms with van der Waals surface area (Å²) >= 11 is 0. The maximum atomic E-state index is 12.8. The number of hydrogen-bond acceptors (Lipinski definition) is 6. The molecule has 1 aliphatic heterocycles. The number of rotatable bonds is 6. The average Bonchev–Trinajstić information content (AvgIpc) is 2.52. The molecule has 1 aromatic rings. The van der Waals surface area contributed by atoms with E-state index < -0.39 is 10.0 Å². The zero-order valence-electron chi connectivity index (χ0n) is 13.9. The summed E-state index contributed by atoms with van der Waals surface area (Å²) in [5, 5.41) is 3.30. The van der Waals surface area contributed by atoms with Gasteiger partial charge in [0.2, 0.25) is 10.0 Å². The Morgan fingerprint density at radius 2 is 1.74 bits per heavy atom. The minimum absolute atomic E-state index is 0.00511. The van der Waals surface area contributed by atoms with Crippen LogP contribution < -0.4 is 24.2 Å². The summed E-state index contributed by atoms with van der Waals surface area (Å²) in [7, 11) is 0.553. The van der Waals surface area contributed by atoms with Crippen LogP contribution in [0.25, 0.3) is 0 Å². The lowest BCUT2D eigenvalue weighted by Crippen LogP contribution is -2.46. The van der Waals surface area contributed by atoms with Crippen molar-refractivity contribution >= 4 is 10.0 Å². The first-order valence-corrected chi connectivity index (χ1v) is 8.95. The molecule has 1 aromatic carbocycles. The van der Waals surface area contributed by atoms with Gasteiger partial charge in [0, 0.05) is 24.2 Å². The van der Waals surface area contributed by atoms with E-state index in [1.807, 2.05) is 6.92 Å². The molecule has 0 radical (unpaired) electrons. The highest BCUT2D eigenvalue weighted by Crippen LogP contribution is 2.37. The lowest BCUT2D eigenvalue weighted by atomic mass is 10.0. The average molecular weight is 344 g/mol. The minimum atomic E-state index is -3.78. The molecule has 7 nitrogen and oxygen atoms in total. The molecule has 23 heavy (non-hydrogen) atoms. The predicted molar refractivity (Wildman–Crippen MR) is 86.9 cm³/mol. The van der Waals surface area contributed by atoms with E-state index in [0.717, 1.165) is 19.4 Å². The van der Waals surface area contributed by atoms with Crippen LogP contribution in [0.1, 0.15) is 19.8 Å². The van der Waals surface area contributed by atoms with Gasteiger partial charge in [-0.1, -0.05) is 0 Å². The summed E-state index contributed by atoms with van der Waals surface area (Å²) in [5.74, 6) is 0.847. The van der Waals surface area contributed by atoms with Crippen molar-refractivity contribution < 1.29 is 22.6 Å². The third kappa shape index (κ3) is 4.07. The van der Waals surface area contributed by atoms with Gasteiger partial charge in [-0.05, 0) is 26.3 Å². The van der Waals surface area contributed by atoms with Crippen LogP contribution >= 0.6 is 0 Å². The van der Waals surface area contributed by atoms with Crippen molar-refractivity contribution in [3.63, 3.8) is 0 Å². The van der Waals surface area contributed by atoms with Crippen LogP contribution in [0.15, 0.2) is 17.0 Å². The molecule has 2 rings (SSSR count). The van der Waals surface area contributed by atoms with Crippen LogP contribution in [0, 0.1) is 0 Å². The molecule has 8 heteroatoms. The molecule has 2 atom stereocenters. The summed E-state index contributed by atoms with van der Waals surface area (Å²) in [6, 6.07) is 3.22. The highest BCUT2D eigenvalue weighted by molar-refractivity contribution is 7.89. The van der Waals surface area contributed by atoms with Crippen LogP contribution in [0.4, 0.5) is 0 Å². The summed E-state index contributed by atoms with van der Waals surface area (Å²) in [4.78, 5) is -0.00511. The van der Waals surface area contributed by atoms with Gasteiger partial charge in [-0.15, -0.1) is 0 Å². The van der Waals surface area contributed by atoms with Crippen LogP contribution in [0.3, 0.4) is 0 Å². The van der Waals surface area contributed by atoms with E-state index >= 15 is 0 Å². The molecule has 0 bridgehead atoms. The van der Waals surface area contributed by atoms with E-state index in [1.165, 1.54) is 33.5 Å². The van der Waals surface area contributed by atoms with Crippen molar-refractivity contribution in [2.75, 3.05) is 27.9 Å². The Bertz CT molecular complexity index is 622. The number of piperidine rings is 1. The van der Waals surface area contributed by atoms with Crippen molar-refractivity contribution in [1.82, 2.24) is 10.0 Å². The van der Waals surface area contributed by atoms with Gasteiger partial charge in [0.05, 0.1) is 21.3 Å². The molecule has 2 unspecified atom stereocenters. The molecule has 1 fully saturated rings. The molecule has 0 aliphatic carbocycles. The number of nitrogens with one attached hydrogen (secondary N) is 2. The minimum Gasteiger partial charge on any atom is -0.496 e. The Kier molecular flexibility index (Phi) is 5.72. The molecule has 0 spiro atoms. The van der Waals surface area contributed by atoms with Crippen LogP contribution in [-0.2, 0) is 10.0 Å². The molecule has 130 valence electrons. The zero-order chi connectivity index (χ0) is 17.0. The summed E-state index contributed by atoms with van der Waals surface area (Å²) in [5.41, 5.74) is 0. The normalized spacial score (nSPS) is 21.7. The maximum absolute atomic E-state index is 12.8. The second kappa shape index (κ2) is 7.37. The molecule has 1 heterocycles. The van der Waals surface area contributed by atoms with Gasteiger partial charge in [-0.25, -0.2) is 13.1 Å². The van der Waals surface area contributed by atoms with E-state index in [0.29, 0.717) is 5.75 Å². The molecule has 0 saturated carbocycles. The SMILES string of the molecule is COc1cc(OC)c(S(=O)(=O)NC2CCNC(C)C2)c(OC)c1. The van der Waals surface area contributed by atoms with Crippen molar-refractivity contribution in [3.8, 4) is 17.2 Å². The first-order chi connectivity index (χ1) is 10.9. The van der Waals surface area contributed by atoms with Gasteiger partial charge in [0.25, 0.3) is 0 Å². The number of ether oxygens (including phenoxy) is 3. The first kappa shape index (κ1) is 17.8. The van der Waals surface area contributed by atoms with E-state index in [4.69, 9.17) is 14.2 Å². The summed E-state index contributed by atoms with van der Waals surface area (Å²) < 4.78 is 44.0. The van der Waals surface area contributed by atoms with Crippen LogP contribution in [0.5, 0.6) is 17.2 Å². The fourth-order valence-electron chi connectivity index (χ4n) is 2.76. The van der Waals surface area contributed by atoms with Crippen molar-refractivity contribution in [2.24, 2.45) is 0 Å². The molecule has 2 N–H and O–H groups in total. The van der Waals surface area contributed by atoms with Crippen LogP contribution in [-0.4, -0.2) is 48.4 Å². The largest absolute Gasteiger partial charge is 0.496 e. The summed E-state index contributed by atoms with van der Waals surface area (Å²) in [6.45, 7) is 2.82. The fourth-order valence-corrected chi connectivity index (χ4v) is 4.34. The topological polar surface area (TPSA) is 85.9 Å². The van der Waals surface area contributed by atoms with Crippen molar-refractivity contribution in [2.45, 2.75) is 36.7 Å². The van der Waals surface area contributed by atoms with Crippen LogP contribution in [0.2, 0.25) is 0 Å². The monoisotopic (exact) mass is 344 g/mol. The van der Waals surface area contributed by atoms with Gasteiger partial charge < -0.3 is 19.5 Å². The maximum Gasteiger partial charge on any atom is 0.248 e. The second-order valence-corrected chi connectivity index (χ2v) is 7.21. The Morgan fingerprint density at radius 1 is 1.13 bits per heavy atom. The second-order valence-electron chi connectivity index (χ2n) is 5.56. The quantitative estimate of drug-likeness (QED) is 0.805. The lowest BCUT2D eigenvalue weighted by Gasteiger charge is -2.28. The Hall–Kier alpha value is -1.51. The standard InChI is InChI=1S/C15H24N2O5S/c1-10-7-11(5-6-16-10)17-23(18,19)15-13(21-3)8-12(20-2)9-14(15)22-4/h8-11,16-17H,5-7H2,1-4H3. The highest BCUT2D eigenvalue weighted by atomic mass is 32.2. The number of hydrogen-bond donors (Lipinski definition) is 2. The van der Waals surface area contributed by atoms with E-state index in [1.54, 1.807) is 0 Å². The lowest BCUT2D eigenvalue weighted by molar-refractivity contribution is 0.351. The third-order valence-electron chi connectivity index (χ3n) is 3.88. The Morgan fingerprint density at radius 3 is 2.22 bits per heavy atom.